The maximum Gasteiger partial charge on any atom is 0.269 e. The second-order valence-electron chi connectivity index (χ2n) is 6.19. The summed E-state index contributed by atoms with van der Waals surface area (Å²) >= 11 is 2.98. The lowest BCUT2D eigenvalue weighted by molar-refractivity contribution is -0.121. The van der Waals surface area contributed by atoms with E-state index in [0.717, 1.165) is 32.8 Å². The number of anilines is 1. The van der Waals surface area contributed by atoms with E-state index in [9.17, 15) is 4.79 Å². The number of carbonyl (C=O) groups is 1. The molecular weight excluding hydrogens is 394 g/mol. The Morgan fingerprint density at radius 3 is 2.25 bits per heavy atom. The number of carbonyl (C=O) groups excluding carboxylic acids is 1. The Balaban J connectivity index is 1.66. The molecule has 0 unspecified atom stereocenters. The molecule has 0 aromatic heterocycles. The molecule has 1 fully saturated rings. The zero-order valence-corrected chi connectivity index (χ0v) is 17.6. The van der Waals surface area contributed by atoms with Gasteiger partial charge in [0.25, 0.3) is 5.91 Å². The van der Waals surface area contributed by atoms with Gasteiger partial charge in [-0.3, -0.25) is 9.69 Å². The summed E-state index contributed by atoms with van der Waals surface area (Å²) in [6.07, 6.45) is 0. The van der Waals surface area contributed by atoms with Gasteiger partial charge in [0.1, 0.15) is 16.4 Å². The summed E-state index contributed by atoms with van der Waals surface area (Å²) in [6.45, 7) is 0. The number of hydrogen-bond donors (Lipinski definition) is 0. The molecule has 2 heterocycles. The number of benzene rings is 2. The predicted octanol–water partition coefficient (Wildman–Crippen LogP) is 4.31. The van der Waals surface area contributed by atoms with Crippen molar-refractivity contribution in [3.63, 3.8) is 0 Å². The fourth-order valence-corrected chi connectivity index (χ4v) is 5.21. The topological polar surface area (TPSA) is 54.4 Å². The van der Waals surface area contributed by atoms with Crippen molar-refractivity contribution in [1.29, 1.82) is 0 Å². The third kappa shape index (κ3) is 3.22. The minimum Gasteiger partial charge on any atom is -0.497 e. The van der Waals surface area contributed by atoms with E-state index in [1.165, 1.54) is 11.8 Å². The Labute approximate surface area is 172 Å². The molecule has 1 amide bonds. The maximum absolute atomic E-state index is 12.9. The molecule has 0 radical (unpaired) electrons. The lowest BCUT2D eigenvalue weighted by Gasteiger charge is -2.15. The van der Waals surface area contributed by atoms with Gasteiger partial charge in [-0.25, -0.2) is 4.99 Å². The Hall–Kier alpha value is -2.58. The molecule has 0 aliphatic carbocycles. The molecule has 2 aromatic rings. The second kappa shape index (κ2) is 7.44. The molecule has 4 rings (SSSR count). The number of nitrogens with zero attached hydrogens (tertiary/aromatic N) is 3. The predicted molar refractivity (Wildman–Crippen MR) is 115 cm³/mol. The van der Waals surface area contributed by atoms with E-state index in [-0.39, 0.29) is 5.91 Å². The summed E-state index contributed by atoms with van der Waals surface area (Å²) in [4.78, 5) is 22.9. The Morgan fingerprint density at radius 2 is 1.57 bits per heavy atom. The number of amides is 1. The molecule has 1 saturated heterocycles. The van der Waals surface area contributed by atoms with Gasteiger partial charge in [-0.1, -0.05) is 11.8 Å². The number of hydrogen-bond acceptors (Lipinski definition) is 7. The van der Waals surface area contributed by atoms with Crippen LogP contribution >= 0.6 is 23.5 Å². The molecule has 0 saturated carbocycles. The standard InChI is InChI=1S/C20H19N3O3S2/c1-22-15-11-14(26-4)9-10-16(15)27-19(22)17-18(24)23(2)20(28-17)21-12-5-7-13(25-3)8-6-12/h5-11H,1-4H3. The summed E-state index contributed by atoms with van der Waals surface area (Å²) in [5, 5.41) is 1.56. The largest absolute Gasteiger partial charge is 0.497 e. The molecule has 2 aromatic carbocycles. The maximum atomic E-state index is 12.9. The van der Waals surface area contributed by atoms with Gasteiger partial charge in [-0.15, -0.1) is 0 Å². The number of thioether (sulfide) groups is 2. The van der Waals surface area contributed by atoms with Crippen molar-refractivity contribution in [3.8, 4) is 11.5 Å². The zero-order chi connectivity index (χ0) is 19.8. The number of methoxy groups -OCH3 is 2. The quantitative estimate of drug-likeness (QED) is 0.699. The van der Waals surface area contributed by atoms with Crippen molar-refractivity contribution in [2.24, 2.45) is 4.99 Å². The third-order valence-electron chi connectivity index (χ3n) is 4.51. The average Bonchev–Trinajstić information content (AvgIpc) is 3.19. The highest BCUT2D eigenvalue weighted by Crippen LogP contribution is 2.50. The smallest absolute Gasteiger partial charge is 0.269 e. The first-order valence-electron chi connectivity index (χ1n) is 8.54. The van der Waals surface area contributed by atoms with Gasteiger partial charge in [0.05, 0.1) is 30.6 Å². The second-order valence-corrected chi connectivity index (χ2v) is 8.20. The van der Waals surface area contributed by atoms with Crippen LogP contribution in [0.4, 0.5) is 11.4 Å². The first kappa shape index (κ1) is 18.8. The van der Waals surface area contributed by atoms with Gasteiger partial charge in [0.15, 0.2) is 5.17 Å². The van der Waals surface area contributed by atoms with Crippen LogP contribution < -0.4 is 14.4 Å². The fraction of sp³-hybridized carbons (Fsp3) is 0.200. The Bertz CT molecular complexity index is 1000. The molecule has 28 heavy (non-hydrogen) atoms. The molecule has 0 spiro atoms. The van der Waals surface area contributed by atoms with Crippen LogP contribution in [0.25, 0.3) is 0 Å². The van der Waals surface area contributed by atoms with Crippen LogP contribution in [0.1, 0.15) is 0 Å². The highest BCUT2D eigenvalue weighted by atomic mass is 32.2. The summed E-state index contributed by atoms with van der Waals surface area (Å²) < 4.78 is 10.5. The lowest BCUT2D eigenvalue weighted by atomic mass is 10.3. The molecule has 144 valence electrons. The molecule has 2 aliphatic heterocycles. The monoisotopic (exact) mass is 413 g/mol. The fourth-order valence-electron chi connectivity index (χ4n) is 2.90. The highest BCUT2D eigenvalue weighted by Gasteiger charge is 2.37. The summed E-state index contributed by atoms with van der Waals surface area (Å²) in [7, 11) is 6.99. The number of likely N-dealkylation sites (N-methyl/N-ethyl adjacent to an activating group) is 1. The zero-order valence-electron chi connectivity index (χ0n) is 15.9. The van der Waals surface area contributed by atoms with E-state index < -0.39 is 0 Å². The summed E-state index contributed by atoms with van der Waals surface area (Å²) in [5.74, 6) is 1.51. The van der Waals surface area contributed by atoms with Crippen molar-refractivity contribution in [1.82, 2.24) is 4.90 Å². The van der Waals surface area contributed by atoms with E-state index in [4.69, 9.17) is 9.47 Å². The molecule has 8 heteroatoms. The average molecular weight is 414 g/mol. The van der Waals surface area contributed by atoms with Crippen molar-refractivity contribution in [2.45, 2.75) is 4.90 Å². The number of amidine groups is 1. The van der Waals surface area contributed by atoms with Gasteiger partial charge < -0.3 is 14.4 Å². The van der Waals surface area contributed by atoms with Crippen LogP contribution in [0.15, 0.2) is 62.3 Å². The lowest BCUT2D eigenvalue weighted by Crippen LogP contribution is -2.24. The van der Waals surface area contributed by atoms with Crippen LogP contribution in [0.2, 0.25) is 0 Å². The van der Waals surface area contributed by atoms with Crippen LogP contribution in [-0.4, -0.2) is 44.3 Å². The first-order chi connectivity index (χ1) is 13.5. The van der Waals surface area contributed by atoms with Gasteiger partial charge in [0, 0.05) is 25.1 Å². The molecule has 0 atom stereocenters. The number of fused-ring (bicyclic) bond motifs is 1. The summed E-state index contributed by atoms with van der Waals surface area (Å²) in [6, 6.07) is 13.4. The number of aliphatic imine (C=N–C) groups is 1. The van der Waals surface area contributed by atoms with E-state index >= 15 is 0 Å². The van der Waals surface area contributed by atoms with E-state index in [2.05, 4.69) is 4.99 Å². The van der Waals surface area contributed by atoms with E-state index in [1.807, 2.05) is 54.4 Å². The van der Waals surface area contributed by atoms with Crippen molar-refractivity contribution in [3.05, 3.63) is 52.4 Å². The minimum absolute atomic E-state index is 0.0496. The molecule has 0 N–H and O–H groups in total. The Morgan fingerprint density at radius 1 is 0.893 bits per heavy atom. The van der Waals surface area contributed by atoms with Crippen LogP contribution in [0.5, 0.6) is 11.5 Å². The van der Waals surface area contributed by atoms with Crippen molar-refractivity contribution < 1.29 is 14.3 Å². The van der Waals surface area contributed by atoms with Gasteiger partial charge >= 0.3 is 0 Å². The number of rotatable bonds is 3. The molecular formula is C20H19N3O3S2. The normalized spacial score (nSPS) is 20.1. The summed E-state index contributed by atoms with van der Waals surface area (Å²) in [5.41, 5.74) is 1.80. The molecule has 0 bridgehead atoms. The Kier molecular flexibility index (Phi) is 4.99. The first-order valence-corrected chi connectivity index (χ1v) is 10.2. The molecule has 6 nitrogen and oxygen atoms in total. The van der Waals surface area contributed by atoms with Gasteiger partial charge in [-0.05, 0) is 48.2 Å². The third-order valence-corrected chi connectivity index (χ3v) is 6.99. The van der Waals surface area contributed by atoms with Crippen LogP contribution in [0, 0.1) is 0 Å². The van der Waals surface area contributed by atoms with Gasteiger partial charge in [-0.2, -0.15) is 0 Å². The van der Waals surface area contributed by atoms with Crippen molar-refractivity contribution in [2.75, 3.05) is 33.2 Å². The SMILES string of the molecule is COc1ccc(N=C2SC(=C3Sc4ccc(OC)cc4N3C)C(=O)N2C)cc1. The highest BCUT2D eigenvalue weighted by molar-refractivity contribution is 8.19. The number of ether oxygens (including phenoxy) is 2. The minimum atomic E-state index is -0.0496. The van der Waals surface area contributed by atoms with Crippen molar-refractivity contribution >= 4 is 46.0 Å². The van der Waals surface area contributed by atoms with Crippen LogP contribution in [-0.2, 0) is 4.79 Å². The van der Waals surface area contributed by atoms with Gasteiger partial charge in [0.2, 0.25) is 0 Å². The van der Waals surface area contributed by atoms with E-state index in [0.29, 0.717) is 10.1 Å². The molecule has 2 aliphatic rings. The van der Waals surface area contributed by atoms with Crippen LogP contribution in [0.3, 0.4) is 0 Å². The van der Waals surface area contributed by atoms with E-state index in [1.54, 1.807) is 37.9 Å².